The summed E-state index contributed by atoms with van der Waals surface area (Å²) in [5.74, 6) is -0.217. The van der Waals surface area contributed by atoms with Crippen LogP contribution >= 0.6 is 23.2 Å². The van der Waals surface area contributed by atoms with E-state index < -0.39 is 0 Å². The van der Waals surface area contributed by atoms with E-state index in [-0.39, 0.29) is 18.4 Å². The summed E-state index contributed by atoms with van der Waals surface area (Å²) in [6.07, 6.45) is 0.985. The van der Waals surface area contributed by atoms with E-state index in [2.05, 4.69) is 5.32 Å². The van der Waals surface area contributed by atoms with E-state index in [1.54, 1.807) is 17.0 Å². The van der Waals surface area contributed by atoms with Crippen LogP contribution in [-0.2, 0) is 22.6 Å². The molecule has 2 aromatic carbocycles. The fraction of sp³-hybridized carbons (Fsp3) is 0.300. The summed E-state index contributed by atoms with van der Waals surface area (Å²) in [5, 5.41) is 4.16. The Bertz CT molecular complexity index is 730. The van der Waals surface area contributed by atoms with E-state index in [1.165, 1.54) is 0 Å². The Kier molecular flexibility index (Phi) is 7.95. The Morgan fingerprint density at radius 2 is 1.46 bits per heavy atom. The van der Waals surface area contributed by atoms with Crippen LogP contribution in [0.15, 0.2) is 48.5 Å². The lowest BCUT2D eigenvalue weighted by molar-refractivity contribution is -0.135. The highest BCUT2D eigenvalue weighted by atomic mass is 35.5. The predicted molar refractivity (Wildman–Crippen MR) is 105 cm³/mol. The lowest BCUT2D eigenvalue weighted by Crippen LogP contribution is -2.40. The number of aryl methyl sites for hydroxylation is 1. The fourth-order valence-corrected chi connectivity index (χ4v) is 2.72. The average molecular weight is 393 g/mol. The standard InChI is InChI=1S/C20H22Cl2N2O2/c1-2-24(20(26)12-7-15-3-8-17(21)9-4-15)14-19(25)23-13-16-5-10-18(22)11-6-16/h3-6,8-11H,2,7,12-14H2,1H3,(H,23,25). The first-order chi connectivity index (χ1) is 12.5. The SMILES string of the molecule is CCN(CC(=O)NCc1ccc(Cl)cc1)C(=O)CCc1ccc(Cl)cc1. The van der Waals surface area contributed by atoms with E-state index in [4.69, 9.17) is 23.2 Å². The van der Waals surface area contributed by atoms with Crippen molar-refractivity contribution in [2.24, 2.45) is 0 Å². The molecule has 0 atom stereocenters. The van der Waals surface area contributed by atoms with Crippen molar-refractivity contribution >= 4 is 35.0 Å². The number of likely N-dealkylation sites (N-methyl/N-ethyl adjacent to an activating group) is 1. The topological polar surface area (TPSA) is 49.4 Å². The number of benzene rings is 2. The van der Waals surface area contributed by atoms with E-state index in [0.717, 1.165) is 11.1 Å². The Labute approximate surface area is 164 Å². The van der Waals surface area contributed by atoms with E-state index in [1.807, 2.05) is 43.3 Å². The number of hydrogen-bond donors (Lipinski definition) is 1. The van der Waals surface area contributed by atoms with Crippen molar-refractivity contribution in [1.82, 2.24) is 10.2 Å². The van der Waals surface area contributed by atoms with Crippen LogP contribution in [0.4, 0.5) is 0 Å². The first-order valence-corrected chi connectivity index (χ1v) is 9.27. The third-order valence-electron chi connectivity index (χ3n) is 4.01. The average Bonchev–Trinajstić information content (AvgIpc) is 2.65. The summed E-state index contributed by atoms with van der Waals surface area (Å²) in [6, 6.07) is 14.7. The van der Waals surface area contributed by atoms with Crippen molar-refractivity contribution in [1.29, 1.82) is 0 Å². The van der Waals surface area contributed by atoms with Gasteiger partial charge in [-0.05, 0) is 48.7 Å². The molecular weight excluding hydrogens is 371 g/mol. The molecule has 0 aromatic heterocycles. The first kappa shape index (κ1) is 20.3. The van der Waals surface area contributed by atoms with Crippen molar-refractivity contribution in [2.75, 3.05) is 13.1 Å². The summed E-state index contributed by atoms with van der Waals surface area (Å²) in [7, 11) is 0. The molecule has 1 N–H and O–H groups in total. The second-order valence-corrected chi connectivity index (χ2v) is 6.81. The van der Waals surface area contributed by atoms with E-state index in [0.29, 0.717) is 36.0 Å². The summed E-state index contributed by atoms with van der Waals surface area (Å²) in [6.45, 7) is 2.83. The van der Waals surface area contributed by atoms with Crippen LogP contribution in [0.2, 0.25) is 10.0 Å². The van der Waals surface area contributed by atoms with Crippen molar-refractivity contribution < 1.29 is 9.59 Å². The van der Waals surface area contributed by atoms with Crippen LogP contribution in [-0.4, -0.2) is 29.8 Å². The molecule has 138 valence electrons. The van der Waals surface area contributed by atoms with Gasteiger partial charge in [0.2, 0.25) is 11.8 Å². The minimum atomic E-state index is -0.179. The lowest BCUT2D eigenvalue weighted by Gasteiger charge is -2.20. The molecule has 6 heteroatoms. The maximum Gasteiger partial charge on any atom is 0.239 e. The van der Waals surface area contributed by atoms with Crippen LogP contribution in [0, 0.1) is 0 Å². The normalized spacial score (nSPS) is 10.4. The van der Waals surface area contributed by atoms with Gasteiger partial charge in [0.05, 0.1) is 6.54 Å². The van der Waals surface area contributed by atoms with Gasteiger partial charge in [0.1, 0.15) is 0 Å². The smallest absolute Gasteiger partial charge is 0.239 e. The van der Waals surface area contributed by atoms with E-state index >= 15 is 0 Å². The van der Waals surface area contributed by atoms with Gasteiger partial charge in [-0.15, -0.1) is 0 Å². The zero-order valence-corrected chi connectivity index (χ0v) is 16.2. The Morgan fingerprint density at radius 1 is 0.923 bits per heavy atom. The molecule has 0 fully saturated rings. The molecule has 0 saturated carbocycles. The van der Waals surface area contributed by atoms with Crippen molar-refractivity contribution in [3.05, 3.63) is 69.7 Å². The monoisotopic (exact) mass is 392 g/mol. The minimum Gasteiger partial charge on any atom is -0.350 e. The van der Waals surface area contributed by atoms with Gasteiger partial charge in [-0.2, -0.15) is 0 Å². The zero-order chi connectivity index (χ0) is 18.9. The van der Waals surface area contributed by atoms with Crippen molar-refractivity contribution in [3.63, 3.8) is 0 Å². The second kappa shape index (κ2) is 10.2. The quantitative estimate of drug-likeness (QED) is 0.735. The number of hydrogen-bond acceptors (Lipinski definition) is 2. The van der Waals surface area contributed by atoms with Crippen molar-refractivity contribution in [2.45, 2.75) is 26.3 Å². The molecule has 0 bridgehead atoms. The number of carbonyl (C=O) groups is 2. The molecule has 0 radical (unpaired) electrons. The largest absolute Gasteiger partial charge is 0.350 e. The van der Waals surface area contributed by atoms with Crippen molar-refractivity contribution in [3.8, 4) is 0 Å². The molecule has 0 aliphatic heterocycles. The molecule has 0 unspecified atom stereocenters. The van der Waals surface area contributed by atoms with Crippen LogP contribution in [0.3, 0.4) is 0 Å². The highest BCUT2D eigenvalue weighted by Crippen LogP contribution is 2.12. The van der Waals surface area contributed by atoms with Gasteiger partial charge >= 0.3 is 0 Å². The van der Waals surface area contributed by atoms with Crippen LogP contribution < -0.4 is 5.32 Å². The summed E-state index contributed by atoms with van der Waals surface area (Å²) in [5.41, 5.74) is 2.01. The Balaban J connectivity index is 1.78. The molecular formula is C20H22Cl2N2O2. The Morgan fingerprint density at radius 3 is 2.00 bits per heavy atom. The third-order valence-corrected chi connectivity index (χ3v) is 4.52. The number of amides is 2. The van der Waals surface area contributed by atoms with Gasteiger partial charge in [0, 0.05) is 29.6 Å². The van der Waals surface area contributed by atoms with Gasteiger partial charge in [-0.1, -0.05) is 47.5 Å². The number of nitrogens with one attached hydrogen (secondary N) is 1. The second-order valence-electron chi connectivity index (χ2n) is 5.94. The highest BCUT2D eigenvalue weighted by molar-refractivity contribution is 6.30. The molecule has 0 spiro atoms. The number of carbonyl (C=O) groups excluding carboxylic acids is 2. The number of halogens is 2. The first-order valence-electron chi connectivity index (χ1n) is 8.51. The highest BCUT2D eigenvalue weighted by Gasteiger charge is 2.15. The van der Waals surface area contributed by atoms with Gasteiger partial charge in [0.25, 0.3) is 0 Å². The Hall–Kier alpha value is -2.04. The molecule has 0 saturated heterocycles. The summed E-state index contributed by atoms with van der Waals surface area (Å²) in [4.78, 5) is 26.1. The zero-order valence-electron chi connectivity index (χ0n) is 14.7. The lowest BCUT2D eigenvalue weighted by atomic mass is 10.1. The molecule has 4 nitrogen and oxygen atoms in total. The maximum absolute atomic E-state index is 12.4. The predicted octanol–water partition coefficient (Wildman–Crippen LogP) is 4.09. The van der Waals surface area contributed by atoms with Crippen LogP contribution in [0.5, 0.6) is 0 Å². The summed E-state index contributed by atoms with van der Waals surface area (Å²) < 4.78 is 0. The van der Waals surface area contributed by atoms with Gasteiger partial charge in [0.15, 0.2) is 0 Å². The van der Waals surface area contributed by atoms with Gasteiger partial charge in [-0.25, -0.2) is 0 Å². The maximum atomic E-state index is 12.4. The fourth-order valence-electron chi connectivity index (χ4n) is 2.47. The van der Waals surface area contributed by atoms with Gasteiger partial charge < -0.3 is 10.2 Å². The molecule has 0 heterocycles. The summed E-state index contributed by atoms with van der Waals surface area (Å²) >= 11 is 11.7. The third kappa shape index (κ3) is 6.70. The molecule has 0 aliphatic rings. The molecule has 26 heavy (non-hydrogen) atoms. The van der Waals surface area contributed by atoms with Crippen LogP contribution in [0.25, 0.3) is 0 Å². The molecule has 0 aliphatic carbocycles. The van der Waals surface area contributed by atoms with Crippen LogP contribution in [0.1, 0.15) is 24.5 Å². The van der Waals surface area contributed by atoms with Gasteiger partial charge in [-0.3, -0.25) is 9.59 Å². The molecule has 2 rings (SSSR count). The number of nitrogens with zero attached hydrogens (tertiary/aromatic N) is 1. The molecule has 2 aromatic rings. The minimum absolute atomic E-state index is 0.0379. The number of rotatable bonds is 8. The van der Waals surface area contributed by atoms with E-state index in [9.17, 15) is 9.59 Å². The molecule has 2 amide bonds.